The van der Waals surface area contributed by atoms with Crippen LogP contribution in [0.1, 0.15) is 11.5 Å². The molecule has 0 aromatic carbocycles. The van der Waals surface area contributed by atoms with E-state index in [1.165, 1.54) is 6.39 Å². The Bertz CT molecular complexity index is 284. The van der Waals surface area contributed by atoms with Crippen LogP contribution in [0.25, 0.3) is 12.2 Å². The van der Waals surface area contributed by atoms with Gasteiger partial charge in [0.05, 0.1) is 0 Å². The highest BCUT2D eigenvalue weighted by molar-refractivity contribution is 5.57. The Balaban J connectivity index is 2.92. The summed E-state index contributed by atoms with van der Waals surface area (Å²) in [6.07, 6.45) is 8.28. The topological polar surface area (TPSA) is 26.0 Å². The molecular formula is C9H9NO. The first kappa shape index (κ1) is 7.54. The maximum atomic E-state index is 5.04. The fourth-order valence-corrected chi connectivity index (χ4v) is 0.697. The largest absolute Gasteiger partial charge is 0.443 e. The minimum Gasteiger partial charge on any atom is -0.443 e. The van der Waals surface area contributed by atoms with E-state index < -0.39 is 0 Å². The quantitative estimate of drug-likeness (QED) is 0.614. The third-order valence-electron chi connectivity index (χ3n) is 1.20. The first-order chi connectivity index (χ1) is 5.38. The van der Waals surface area contributed by atoms with Crippen LogP contribution < -0.4 is 0 Å². The minimum absolute atomic E-state index is 0.708. The lowest BCUT2D eigenvalue weighted by Crippen LogP contribution is -1.72. The molecule has 1 aromatic heterocycles. The summed E-state index contributed by atoms with van der Waals surface area (Å²) in [6.45, 7) is 7.13. The molecule has 0 atom stereocenters. The molecule has 1 aromatic rings. The van der Waals surface area contributed by atoms with Crippen molar-refractivity contribution in [1.29, 1.82) is 0 Å². The van der Waals surface area contributed by atoms with Gasteiger partial charge in [0.1, 0.15) is 5.69 Å². The lowest BCUT2D eigenvalue weighted by atomic mass is 10.3. The van der Waals surface area contributed by atoms with E-state index >= 15 is 0 Å². The highest BCUT2D eigenvalue weighted by Gasteiger charge is 1.97. The molecule has 2 heteroatoms. The number of oxazole rings is 1. The van der Waals surface area contributed by atoms with Gasteiger partial charge in [0.15, 0.2) is 12.2 Å². The van der Waals surface area contributed by atoms with Crippen LogP contribution in [0.15, 0.2) is 36.1 Å². The molecule has 0 saturated heterocycles. The molecule has 0 unspecified atom stereocenters. The van der Waals surface area contributed by atoms with Crippen molar-refractivity contribution in [2.75, 3.05) is 0 Å². The van der Waals surface area contributed by atoms with Gasteiger partial charge in [-0.1, -0.05) is 25.3 Å². The number of nitrogens with zero attached hydrogens (tertiary/aromatic N) is 1. The van der Waals surface area contributed by atoms with Gasteiger partial charge in [-0.15, -0.1) is 0 Å². The SMILES string of the molecule is C=C/C=C\c1ocnc1C=C. The third-order valence-corrected chi connectivity index (χ3v) is 1.20. The summed E-state index contributed by atoms with van der Waals surface area (Å²) in [5, 5.41) is 0. The van der Waals surface area contributed by atoms with E-state index in [1.54, 1.807) is 24.3 Å². The molecule has 0 aliphatic rings. The van der Waals surface area contributed by atoms with Crippen molar-refractivity contribution in [2.45, 2.75) is 0 Å². The minimum atomic E-state index is 0.708. The maximum Gasteiger partial charge on any atom is 0.181 e. The normalized spacial score (nSPS) is 10.2. The summed E-state index contributed by atoms with van der Waals surface area (Å²) in [4.78, 5) is 3.92. The van der Waals surface area contributed by atoms with Gasteiger partial charge in [0, 0.05) is 0 Å². The molecule has 11 heavy (non-hydrogen) atoms. The molecule has 0 aliphatic carbocycles. The zero-order valence-corrected chi connectivity index (χ0v) is 6.16. The zero-order chi connectivity index (χ0) is 8.10. The van der Waals surface area contributed by atoms with Crippen molar-refractivity contribution < 1.29 is 4.42 Å². The molecule has 0 amide bonds. The highest BCUT2D eigenvalue weighted by atomic mass is 16.3. The van der Waals surface area contributed by atoms with Gasteiger partial charge in [0.2, 0.25) is 0 Å². The van der Waals surface area contributed by atoms with Crippen molar-refractivity contribution in [2.24, 2.45) is 0 Å². The Morgan fingerprint density at radius 2 is 2.27 bits per heavy atom. The first-order valence-electron chi connectivity index (χ1n) is 3.23. The number of aromatic nitrogens is 1. The second-order valence-corrected chi connectivity index (χ2v) is 1.90. The molecule has 0 fully saturated rings. The smallest absolute Gasteiger partial charge is 0.181 e. The molecule has 0 aliphatic heterocycles. The molecule has 0 saturated carbocycles. The van der Waals surface area contributed by atoms with Crippen LogP contribution in [-0.2, 0) is 0 Å². The molecule has 56 valence electrons. The molecule has 0 bridgehead atoms. The van der Waals surface area contributed by atoms with Crippen LogP contribution in [0.4, 0.5) is 0 Å². The summed E-state index contributed by atoms with van der Waals surface area (Å²) in [6, 6.07) is 0. The number of hydrogen-bond acceptors (Lipinski definition) is 2. The molecule has 0 spiro atoms. The van der Waals surface area contributed by atoms with Crippen molar-refractivity contribution in [3.63, 3.8) is 0 Å². The average Bonchev–Trinajstić information content (AvgIpc) is 2.47. The monoisotopic (exact) mass is 147 g/mol. The van der Waals surface area contributed by atoms with E-state index in [4.69, 9.17) is 4.42 Å². The summed E-state index contributed by atoms with van der Waals surface area (Å²) in [5.74, 6) is 0.708. The fraction of sp³-hybridized carbons (Fsp3) is 0. The Morgan fingerprint density at radius 3 is 2.91 bits per heavy atom. The van der Waals surface area contributed by atoms with E-state index in [1.807, 2.05) is 0 Å². The molecule has 1 rings (SSSR count). The van der Waals surface area contributed by atoms with Crippen LogP contribution in [0.2, 0.25) is 0 Å². The second-order valence-electron chi connectivity index (χ2n) is 1.90. The van der Waals surface area contributed by atoms with Crippen LogP contribution in [0, 0.1) is 0 Å². The number of rotatable bonds is 3. The van der Waals surface area contributed by atoms with Crippen molar-refractivity contribution in [3.8, 4) is 0 Å². The van der Waals surface area contributed by atoms with Crippen LogP contribution in [-0.4, -0.2) is 4.98 Å². The predicted octanol–water partition coefficient (Wildman–Crippen LogP) is 2.52. The third kappa shape index (κ3) is 1.67. The summed E-state index contributed by atoms with van der Waals surface area (Å²) >= 11 is 0. The van der Waals surface area contributed by atoms with Gasteiger partial charge in [-0.3, -0.25) is 0 Å². The van der Waals surface area contributed by atoms with E-state index in [2.05, 4.69) is 18.1 Å². The number of hydrogen-bond donors (Lipinski definition) is 0. The second kappa shape index (κ2) is 3.56. The molecule has 0 radical (unpaired) electrons. The van der Waals surface area contributed by atoms with Crippen LogP contribution in [0.5, 0.6) is 0 Å². The van der Waals surface area contributed by atoms with Gasteiger partial charge in [-0.25, -0.2) is 4.98 Å². The van der Waals surface area contributed by atoms with Gasteiger partial charge in [-0.05, 0) is 12.2 Å². The standard InChI is InChI=1S/C9H9NO/c1-3-5-6-9-8(4-2)10-7-11-9/h3-7H,1-2H2/b6-5-. The summed E-state index contributed by atoms with van der Waals surface area (Å²) in [7, 11) is 0. The van der Waals surface area contributed by atoms with E-state index in [0.29, 0.717) is 5.76 Å². The van der Waals surface area contributed by atoms with Crippen molar-refractivity contribution in [3.05, 3.63) is 43.2 Å². The van der Waals surface area contributed by atoms with Crippen LogP contribution in [0.3, 0.4) is 0 Å². The van der Waals surface area contributed by atoms with Crippen LogP contribution >= 0.6 is 0 Å². The lowest BCUT2D eigenvalue weighted by molar-refractivity contribution is 0.548. The molecule has 0 N–H and O–H groups in total. The molecule has 1 heterocycles. The van der Waals surface area contributed by atoms with Gasteiger partial charge in [0.25, 0.3) is 0 Å². The van der Waals surface area contributed by atoms with E-state index in [-0.39, 0.29) is 0 Å². The van der Waals surface area contributed by atoms with Gasteiger partial charge < -0.3 is 4.42 Å². The van der Waals surface area contributed by atoms with Crippen molar-refractivity contribution in [1.82, 2.24) is 4.98 Å². The fourth-order valence-electron chi connectivity index (χ4n) is 0.697. The van der Waals surface area contributed by atoms with Gasteiger partial charge >= 0.3 is 0 Å². The van der Waals surface area contributed by atoms with Crippen molar-refractivity contribution >= 4 is 12.2 Å². The number of allylic oxidation sites excluding steroid dienone is 2. The van der Waals surface area contributed by atoms with E-state index in [0.717, 1.165) is 5.69 Å². The van der Waals surface area contributed by atoms with Gasteiger partial charge in [-0.2, -0.15) is 0 Å². The lowest BCUT2D eigenvalue weighted by Gasteiger charge is -1.83. The van der Waals surface area contributed by atoms with E-state index in [9.17, 15) is 0 Å². The maximum absolute atomic E-state index is 5.04. The highest BCUT2D eigenvalue weighted by Crippen LogP contribution is 2.09. The predicted molar refractivity (Wildman–Crippen MR) is 45.8 cm³/mol. The summed E-state index contributed by atoms with van der Waals surface area (Å²) < 4.78 is 5.04. The Hall–Kier alpha value is -1.57. The average molecular weight is 147 g/mol. The first-order valence-corrected chi connectivity index (χ1v) is 3.23. The Labute approximate surface area is 65.6 Å². The Morgan fingerprint density at radius 1 is 1.45 bits per heavy atom. The summed E-state index contributed by atoms with van der Waals surface area (Å²) in [5.41, 5.74) is 0.753. The molecule has 2 nitrogen and oxygen atoms in total. The molecular weight excluding hydrogens is 138 g/mol. The zero-order valence-electron chi connectivity index (χ0n) is 6.16. The Kier molecular flexibility index (Phi) is 2.44.